The quantitative estimate of drug-likeness (QED) is 0.0351. The fraction of sp³-hybridized carbons (Fsp3) is 0.348. The number of fused-ring (bicyclic) bond motifs is 1. The van der Waals surface area contributed by atoms with Gasteiger partial charge in [-0.15, -0.1) is 11.8 Å². The number of rotatable bonds is 19. The van der Waals surface area contributed by atoms with Crippen LogP contribution in [-0.4, -0.2) is 71.6 Å². The number of benzene rings is 3. The number of nitrogens with zero attached hydrogens (tertiary/aromatic N) is 1. The monoisotopic (exact) mass is 852 g/mol. The van der Waals surface area contributed by atoms with Gasteiger partial charge in [-0.3, -0.25) is 14.4 Å². The summed E-state index contributed by atoms with van der Waals surface area (Å²) < 4.78 is 18.0. The van der Waals surface area contributed by atoms with E-state index in [-0.39, 0.29) is 31.9 Å². The van der Waals surface area contributed by atoms with Crippen molar-refractivity contribution in [1.29, 1.82) is 0 Å². The Bertz CT molecular complexity index is 2140. The number of pyridine rings is 1. The lowest BCUT2D eigenvalue weighted by molar-refractivity contribution is -0.588. The van der Waals surface area contributed by atoms with Gasteiger partial charge in [-0.05, 0) is 76.3 Å². The molecule has 3 aromatic carbocycles. The van der Waals surface area contributed by atoms with Crippen molar-refractivity contribution in [2.45, 2.75) is 83.5 Å². The lowest BCUT2D eigenvalue weighted by Gasteiger charge is -2.26. The molecule has 3 atom stereocenters. The molecule has 1 aromatic heterocycles. The highest BCUT2D eigenvalue weighted by Gasteiger charge is 2.49. The summed E-state index contributed by atoms with van der Waals surface area (Å²) in [6, 6.07) is 31.0. The van der Waals surface area contributed by atoms with Crippen molar-refractivity contribution in [2.24, 2.45) is 0 Å². The number of ether oxygens (including phenoxy) is 3. The lowest BCUT2D eigenvalue weighted by Crippen LogP contribution is -2.55. The zero-order valence-electron chi connectivity index (χ0n) is 34.8. The first-order valence-electron chi connectivity index (χ1n) is 20.1. The molecule has 0 aliphatic carbocycles. The largest absolute Gasteiger partial charge is 0.460 e. The van der Waals surface area contributed by atoms with E-state index < -0.39 is 59.8 Å². The van der Waals surface area contributed by atoms with Crippen LogP contribution in [0.15, 0.2) is 120 Å². The summed E-state index contributed by atoms with van der Waals surface area (Å²) in [5, 5.41) is 22.7. The molecule has 0 bridgehead atoms. The second-order valence-corrected chi connectivity index (χ2v) is 16.5. The molecule has 0 spiro atoms. The number of aromatic nitrogens is 1. The molecule has 15 heteroatoms. The predicted octanol–water partition coefficient (Wildman–Crippen LogP) is 5.48. The summed E-state index contributed by atoms with van der Waals surface area (Å²) in [4.78, 5) is 66.6. The Morgan fingerprint density at radius 1 is 0.721 bits per heavy atom. The van der Waals surface area contributed by atoms with Gasteiger partial charge in [0.15, 0.2) is 11.8 Å². The fourth-order valence-corrected chi connectivity index (χ4v) is 7.72. The number of amides is 4. The predicted molar refractivity (Wildman–Crippen MR) is 230 cm³/mol. The van der Waals surface area contributed by atoms with Gasteiger partial charge in [0, 0.05) is 30.0 Å². The second-order valence-electron chi connectivity index (χ2n) is 15.5. The van der Waals surface area contributed by atoms with E-state index in [2.05, 4.69) is 21.3 Å². The Balaban J connectivity index is 1.31. The average Bonchev–Trinajstić information content (AvgIpc) is 3.47. The summed E-state index contributed by atoms with van der Waals surface area (Å²) in [7, 11) is 0. The molecule has 0 saturated heterocycles. The first-order valence-corrected chi connectivity index (χ1v) is 21.1. The molecule has 1 aliphatic heterocycles. The van der Waals surface area contributed by atoms with Gasteiger partial charge in [0.1, 0.15) is 37.4 Å². The number of carbonyl (C=O) groups is 5. The van der Waals surface area contributed by atoms with Crippen molar-refractivity contribution in [1.82, 2.24) is 21.3 Å². The number of nitrogens with one attached hydrogen (secondary N) is 4. The minimum Gasteiger partial charge on any atom is -0.460 e. The van der Waals surface area contributed by atoms with Crippen molar-refractivity contribution in [3.63, 3.8) is 0 Å². The number of unbranched alkanes of at least 4 members (excludes halogenated alkanes) is 1. The van der Waals surface area contributed by atoms with Crippen LogP contribution in [0, 0.1) is 0 Å². The maximum absolute atomic E-state index is 14.1. The zero-order valence-corrected chi connectivity index (χ0v) is 35.7. The molecule has 0 saturated carbocycles. The molecule has 2 heterocycles. The average molecular weight is 853 g/mol. The van der Waals surface area contributed by atoms with Crippen molar-refractivity contribution < 1.29 is 47.9 Å². The molecule has 5 N–H and O–H groups in total. The smallest absolute Gasteiger partial charge is 0.408 e. The molecule has 0 fully saturated rings. The summed E-state index contributed by atoms with van der Waals surface area (Å²) in [5.74, 6) is -2.11. The van der Waals surface area contributed by atoms with Gasteiger partial charge in [0.2, 0.25) is 23.2 Å². The van der Waals surface area contributed by atoms with Gasteiger partial charge in [-0.1, -0.05) is 78.9 Å². The van der Waals surface area contributed by atoms with E-state index in [9.17, 15) is 29.1 Å². The molecule has 4 aromatic rings. The third-order valence-corrected chi connectivity index (χ3v) is 10.8. The fourth-order valence-electron chi connectivity index (χ4n) is 6.42. The second kappa shape index (κ2) is 21.9. The summed E-state index contributed by atoms with van der Waals surface area (Å²) in [6.07, 6.45) is 1.38. The SMILES string of the molecule is CC(C)(C)OC(=O)N[C@@H](CCCCNC(=O)OCc1ccccc1)C(=O)N[C@@H](CSC1=C(c2ccccc2)[n+]2ccccc2C1(C)O)C(=O)NCC(=O)OCc1ccccc1. The van der Waals surface area contributed by atoms with Crippen LogP contribution in [0.2, 0.25) is 0 Å². The summed E-state index contributed by atoms with van der Waals surface area (Å²) in [6.45, 7) is 6.66. The van der Waals surface area contributed by atoms with Crippen molar-refractivity contribution in [3.05, 3.63) is 143 Å². The van der Waals surface area contributed by atoms with Crippen molar-refractivity contribution >= 4 is 47.4 Å². The van der Waals surface area contributed by atoms with Crippen LogP contribution < -0.4 is 25.8 Å². The highest BCUT2D eigenvalue weighted by atomic mass is 32.2. The molecule has 14 nitrogen and oxygen atoms in total. The van der Waals surface area contributed by atoms with Crippen LogP contribution in [0.4, 0.5) is 9.59 Å². The number of thioether (sulfide) groups is 1. The number of esters is 1. The van der Waals surface area contributed by atoms with E-state index in [4.69, 9.17) is 14.2 Å². The van der Waals surface area contributed by atoms with Crippen molar-refractivity contribution in [2.75, 3.05) is 18.8 Å². The standard InChI is InChI=1S/C46H53N5O9S/c1-45(2,3)60-44(56)50-35(24-14-16-26-47-43(55)59-30-33-20-10-6-11-21-33)42(54)49-36(41(53)48-28-38(52)58-29-32-18-8-5-9-19-32)31-61-40-39(34-22-12-7-13-23-34)51-27-17-15-25-37(51)46(40,4)57/h5-13,15,17-23,25,27,35-36,57H,14,16,24,26,28-31H2,1-4H3,(H3-,47,48,49,50,53,54,55,56)/p+1/t35-,36-,46?/m0/s1. The molecule has 61 heavy (non-hydrogen) atoms. The van der Waals surface area contributed by atoms with E-state index in [0.717, 1.165) is 16.7 Å². The zero-order chi connectivity index (χ0) is 43.8. The molecular weight excluding hydrogens is 799 g/mol. The minimum atomic E-state index is -1.47. The minimum absolute atomic E-state index is 0.0116. The van der Waals surface area contributed by atoms with Gasteiger partial charge >= 0.3 is 18.2 Å². The van der Waals surface area contributed by atoms with Gasteiger partial charge < -0.3 is 40.6 Å². The Labute approximate surface area is 360 Å². The third-order valence-electron chi connectivity index (χ3n) is 9.39. The lowest BCUT2D eigenvalue weighted by atomic mass is 10.0. The van der Waals surface area contributed by atoms with E-state index in [1.807, 2.05) is 108 Å². The molecule has 0 radical (unpaired) electrons. The highest BCUT2D eigenvalue weighted by Crippen LogP contribution is 2.44. The maximum Gasteiger partial charge on any atom is 0.408 e. The molecule has 5 rings (SSSR count). The van der Waals surface area contributed by atoms with Gasteiger partial charge in [0.05, 0.1) is 4.91 Å². The highest BCUT2D eigenvalue weighted by molar-refractivity contribution is 8.03. The van der Waals surface area contributed by atoms with Crippen LogP contribution in [0.3, 0.4) is 0 Å². The Morgan fingerprint density at radius 3 is 1.97 bits per heavy atom. The molecule has 1 aliphatic rings. The van der Waals surface area contributed by atoms with Crippen LogP contribution in [-0.2, 0) is 47.4 Å². The first-order chi connectivity index (χ1) is 29.2. The maximum atomic E-state index is 14.1. The van der Waals surface area contributed by atoms with Crippen LogP contribution in [0.1, 0.15) is 69.3 Å². The number of hydrogen-bond acceptors (Lipinski definition) is 10. The third kappa shape index (κ3) is 13.9. The van der Waals surface area contributed by atoms with Crippen LogP contribution >= 0.6 is 11.8 Å². The van der Waals surface area contributed by atoms with E-state index in [0.29, 0.717) is 29.1 Å². The number of aliphatic hydroxyl groups is 1. The van der Waals surface area contributed by atoms with E-state index in [1.54, 1.807) is 39.8 Å². The van der Waals surface area contributed by atoms with Gasteiger partial charge in [-0.2, -0.15) is 4.57 Å². The van der Waals surface area contributed by atoms with Crippen molar-refractivity contribution in [3.8, 4) is 0 Å². The molecule has 322 valence electrons. The van der Waals surface area contributed by atoms with E-state index in [1.165, 1.54) is 11.8 Å². The normalized spacial score (nSPS) is 15.4. The Kier molecular flexibility index (Phi) is 16.5. The molecule has 1 unspecified atom stereocenters. The Morgan fingerprint density at radius 2 is 1.33 bits per heavy atom. The Hall–Kier alpha value is -6.19. The molecule has 4 amide bonds. The summed E-state index contributed by atoms with van der Waals surface area (Å²) in [5.41, 5.74) is 1.45. The number of alkyl carbamates (subject to hydrolysis) is 2. The number of hydrogen-bond donors (Lipinski definition) is 5. The first kappa shape index (κ1) is 45.9. The topological polar surface area (TPSA) is 185 Å². The van der Waals surface area contributed by atoms with E-state index >= 15 is 0 Å². The molecular formula is C46H54N5O9S+. The summed E-state index contributed by atoms with van der Waals surface area (Å²) >= 11 is 1.19. The van der Waals surface area contributed by atoms with Gasteiger partial charge in [0.25, 0.3) is 0 Å². The van der Waals surface area contributed by atoms with Crippen LogP contribution in [0.25, 0.3) is 5.70 Å². The van der Waals surface area contributed by atoms with Crippen LogP contribution in [0.5, 0.6) is 0 Å². The van der Waals surface area contributed by atoms with Gasteiger partial charge in [-0.25, -0.2) is 9.59 Å². The number of carbonyl (C=O) groups excluding carboxylic acids is 5.